The zero-order valence-electron chi connectivity index (χ0n) is 10.7. The van der Waals surface area contributed by atoms with Gasteiger partial charge in [-0.1, -0.05) is 0 Å². The smallest absolute Gasteiger partial charge is 0.318 e. The minimum Gasteiger partial charge on any atom is -0.318 e. The third-order valence-electron chi connectivity index (χ3n) is 2.86. The van der Waals surface area contributed by atoms with Crippen LogP contribution in [0.25, 0.3) is 10.8 Å². The number of carbonyl (C=O) groups excluding carboxylic acids is 2. The van der Waals surface area contributed by atoms with Crippen LogP contribution in [0.3, 0.4) is 0 Å². The zero-order chi connectivity index (χ0) is 14.1. The Hall–Kier alpha value is -2.35. The highest BCUT2D eigenvalue weighted by Crippen LogP contribution is 2.21. The number of urea groups is 1. The van der Waals surface area contributed by atoms with Crippen LogP contribution in [-0.2, 0) is 11.3 Å². The molecule has 3 rings (SSSR count). The van der Waals surface area contributed by atoms with Crippen LogP contribution < -0.4 is 0 Å². The maximum Gasteiger partial charge on any atom is 0.327 e. The molecule has 1 saturated heterocycles. The van der Waals surface area contributed by atoms with E-state index in [9.17, 15) is 9.59 Å². The van der Waals surface area contributed by atoms with E-state index in [-0.39, 0.29) is 25.0 Å². The van der Waals surface area contributed by atoms with Crippen molar-refractivity contribution >= 4 is 23.3 Å². The quantitative estimate of drug-likeness (QED) is 0.787. The summed E-state index contributed by atoms with van der Waals surface area (Å²) < 4.78 is 0. The second-order valence-electron chi connectivity index (χ2n) is 4.33. The van der Waals surface area contributed by atoms with Crippen LogP contribution in [0.2, 0.25) is 0 Å². The van der Waals surface area contributed by atoms with E-state index in [0.29, 0.717) is 16.5 Å². The van der Waals surface area contributed by atoms with Gasteiger partial charge in [-0.15, -0.1) is 11.3 Å². The number of hydrogen-bond donors (Lipinski definition) is 0. The average molecular weight is 289 g/mol. The number of rotatable bonds is 3. The van der Waals surface area contributed by atoms with E-state index in [0.717, 1.165) is 0 Å². The second-order valence-corrected chi connectivity index (χ2v) is 5.19. The zero-order valence-corrected chi connectivity index (χ0v) is 11.5. The van der Waals surface area contributed by atoms with Crippen molar-refractivity contribution in [3.63, 3.8) is 0 Å². The standard InChI is InChI=1S/C12H11N5O2S/c1-16-6-9(18)17(12(16)19)5-8-7-20-11(15-8)10-13-3-2-4-14-10/h2-4,7H,5-6H2,1H3. The Morgan fingerprint density at radius 3 is 2.70 bits per heavy atom. The van der Waals surface area contributed by atoms with E-state index >= 15 is 0 Å². The molecule has 2 aromatic heterocycles. The van der Waals surface area contributed by atoms with Crippen molar-refractivity contribution in [2.24, 2.45) is 0 Å². The molecule has 1 fully saturated rings. The van der Waals surface area contributed by atoms with Gasteiger partial charge in [0.25, 0.3) is 5.91 Å². The predicted molar refractivity (Wildman–Crippen MR) is 71.7 cm³/mol. The summed E-state index contributed by atoms with van der Waals surface area (Å²) in [5, 5.41) is 2.48. The highest BCUT2D eigenvalue weighted by atomic mass is 32.1. The Morgan fingerprint density at radius 1 is 1.30 bits per heavy atom. The molecule has 2 aromatic rings. The van der Waals surface area contributed by atoms with E-state index in [4.69, 9.17) is 0 Å². The number of amides is 3. The molecule has 7 nitrogen and oxygen atoms in total. The molecule has 0 unspecified atom stereocenters. The molecular weight excluding hydrogens is 278 g/mol. The lowest BCUT2D eigenvalue weighted by Gasteiger charge is -2.12. The first-order valence-corrected chi connectivity index (χ1v) is 6.80. The first-order chi connectivity index (χ1) is 9.65. The van der Waals surface area contributed by atoms with Gasteiger partial charge in [0.15, 0.2) is 10.8 Å². The summed E-state index contributed by atoms with van der Waals surface area (Å²) in [6, 6.07) is 1.44. The number of imide groups is 1. The van der Waals surface area contributed by atoms with Crippen LogP contribution in [0.4, 0.5) is 4.79 Å². The van der Waals surface area contributed by atoms with E-state index in [1.165, 1.54) is 21.1 Å². The number of nitrogens with zero attached hydrogens (tertiary/aromatic N) is 5. The maximum atomic E-state index is 11.8. The molecule has 0 spiro atoms. The van der Waals surface area contributed by atoms with Gasteiger partial charge in [-0.05, 0) is 6.07 Å². The van der Waals surface area contributed by atoms with Gasteiger partial charge in [-0.25, -0.2) is 19.7 Å². The molecule has 1 aliphatic heterocycles. The minimum atomic E-state index is -0.291. The molecule has 102 valence electrons. The molecule has 3 heterocycles. The number of thiazole rings is 1. The Labute approximate surface area is 118 Å². The molecule has 0 atom stereocenters. The Kier molecular flexibility index (Phi) is 3.15. The maximum absolute atomic E-state index is 11.8. The number of hydrogen-bond acceptors (Lipinski definition) is 6. The first kappa shape index (κ1) is 12.7. The lowest BCUT2D eigenvalue weighted by molar-refractivity contribution is -0.125. The van der Waals surface area contributed by atoms with E-state index in [1.54, 1.807) is 25.5 Å². The van der Waals surface area contributed by atoms with Crippen LogP contribution in [0.1, 0.15) is 5.69 Å². The van der Waals surface area contributed by atoms with Gasteiger partial charge in [0.1, 0.15) is 6.54 Å². The summed E-state index contributed by atoms with van der Waals surface area (Å²) in [5.41, 5.74) is 0.662. The second kappa shape index (κ2) is 4.97. The molecule has 0 bridgehead atoms. The fourth-order valence-corrected chi connectivity index (χ4v) is 2.63. The number of carbonyl (C=O) groups is 2. The summed E-state index contributed by atoms with van der Waals surface area (Å²) >= 11 is 1.39. The Morgan fingerprint density at radius 2 is 2.05 bits per heavy atom. The van der Waals surface area contributed by atoms with Gasteiger partial charge in [-0.3, -0.25) is 9.69 Å². The third kappa shape index (κ3) is 2.25. The Balaban J connectivity index is 1.78. The predicted octanol–water partition coefficient (Wildman–Crippen LogP) is 0.994. The molecule has 0 N–H and O–H groups in total. The topological polar surface area (TPSA) is 79.3 Å². The molecule has 1 aliphatic rings. The summed E-state index contributed by atoms with van der Waals surface area (Å²) in [5.74, 6) is 0.336. The van der Waals surface area contributed by atoms with Gasteiger partial charge >= 0.3 is 6.03 Å². The molecular formula is C12H11N5O2S. The number of likely N-dealkylation sites (N-methyl/N-ethyl adjacent to an activating group) is 1. The van der Waals surface area contributed by atoms with Crippen molar-refractivity contribution in [3.8, 4) is 10.8 Å². The minimum absolute atomic E-state index is 0.123. The summed E-state index contributed by atoms with van der Waals surface area (Å²) in [6.07, 6.45) is 3.29. The van der Waals surface area contributed by atoms with Gasteiger partial charge < -0.3 is 4.90 Å². The van der Waals surface area contributed by atoms with Crippen LogP contribution in [0, 0.1) is 0 Å². The van der Waals surface area contributed by atoms with Crippen molar-refractivity contribution in [2.75, 3.05) is 13.6 Å². The normalized spacial score (nSPS) is 15.2. The largest absolute Gasteiger partial charge is 0.327 e. The average Bonchev–Trinajstić information content (AvgIpc) is 3.01. The van der Waals surface area contributed by atoms with Gasteiger partial charge in [0.2, 0.25) is 0 Å². The van der Waals surface area contributed by atoms with E-state index in [2.05, 4.69) is 15.0 Å². The van der Waals surface area contributed by atoms with Crippen molar-refractivity contribution in [3.05, 3.63) is 29.5 Å². The Bertz CT molecular complexity index is 657. The van der Waals surface area contributed by atoms with E-state index < -0.39 is 0 Å². The third-order valence-corrected chi connectivity index (χ3v) is 3.75. The SMILES string of the molecule is CN1CC(=O)N(Cc2csc(-c3ncccn3)n2)C1=O. The summed E-state index contributed by atoms with van der Waals surface area (Å²) in [7, 11) is 1.60. The first-order valence-electron chi connectivity index (χ1n) is 5.92. The highest BCUT2D eigenvalue weighted by Gasteiger charge is 2.33. The van der Waals surface area contributed by atoms with Crippen LogP contribution in [0.5, 0.6) is 0 Å². The lowest BCUT2D eigenvalue weighted by atomic mass is 10.4. The molecule has 0 aliphatic carbocycles. The molecule has 0 saturated carbocycles. The fraction of sp³-hybridized carbons (Fsp3) is 0.250. The van der Waals surface area contributed by atoms with Crippen LogP contribution >= 0.6 is 11.3 Å². The van der Waals surface area contributed by atoms with Gasteiger partial charge in [0, 0.05) is 24.8 Å². The fourth-order valence-electron chi connectivity index (χ4n) is 1.88. The number of aromatic nitrogens is 3. The van der Waals surface area contributed by atoms with Crippen molar-refractivity contribution < 1.29 is 9.59 Å². The molecule has 0 aromatic carbocycles. The van der Waals surface area contributed by atoms with Crippen molar-refractivity contribution in [1.29, 1.82) is 0 Å². The monoisotopic (exact) mass is 289 g/mol. The molecule has 8 heteroatoms. The van der Waals surface area contributed by atoms with Crippen molar-refractivity contribution in [1.82, 2.24) is 24.8 Å². The lowest BCUT2D eigenvalue weighted by Crippen LogP contribution is -2.31. The van der Waals surface area contributed by atoms with Gasteiger partial charge in [-0.2, -0.15) is 0 Å². The van der Waals surface area contributed by atoms with Gasteiger partial charge in [0.05, 0.1) is 12.2 Å². The molecule has 0 radical (unpaired) electrons. The summed E-state index contributed by atoms with van der Waals surface area (Å²) in [6.45, 7) is 0.308. The van der Waals surface area contributed by atoms with Crippen molar-refractivity contribution in [2.45, 2.75) is 6.54 Å². The molecule has 3 amide bonds. The van der Waals surface area contributed by atoms with Crippen LogP contribution in [-0.4, -0.2) is 50.3 Å². The molecule has 20 heavy (non-hydrogen) atoms. The summed E-state index contributed by atoms with van der Waals surface area (Å²) in [4.78, 5) is 38.7. The highest BCUT2D eigenvalue weighted by molar-refractivity contribution is 7.13. The van der Waals surface area contributed by atoms with Crippen LogP contribution in [0.15, 0.2) is 23.8 Å². The van der Waals surface area contributed by atoms with E-state index in [1.807, 2.05) is 5.38 Å².